The highest BCUT2D eigenvalue weighted by atomic mass is 16.6. The van der Waals surface area contributed by atoms with Crippen LogP contribution in [0.1, 0.15) is 17.3 Å². The zero-order chi connectivity index (χ0) is 45.2. The number of carbonyl (C=O) groups is 2. The Balaban J connectivity index is 1.01. The number of rotatable bonds is 17. The number of carbonyl (C=O) groups excluding carboxylic acids is 2. The van der Waals surface area contributed by atoms with Crippen molar-refractivity contribution in [1.29, 1.82) is 0 Å². The van der Waals surface area contributed by atoms with E-state index in [1.165, 1.54) is 31.5 Å². The molecule has 2 aromatic carbocycles. The molecule has 0 bridgehead atoms. The van der Waals surface area contributed by atoms with Gasteiger partial charge in [0.05, 0.1) is 54.2 Å². The Kier molecular flexibility index (Phi) is 14.1. The van der Waals surface area contributed by atoms with Gasteiger partial charge in [0.2, 0.25) is 17.7 Å². The summed E-state index contributed by atoms with van der Waals surface area (Å²) in [7, 11) is 7.08. The third-order valence-corrected chi connectivity index (χ3v) is 10.6. The van der Waals surface area contributed by atoms with E-state index in [1.54, 1.807) is 54.5 Å². The summed E-state index contributed by atoms with van der Waals surface area (Å²) in [6, 6.07) is 19.5. The van der Waals surface area contributed by atoms with Crippen molar-refractivity contribution >= 4 is 35.0 Å². The van der Waals surface area contributed by atoms with Gasteiger partial charge in [0.1, 0.15) is 23.5 Å². The summed E-state index contributed by atoms with van der Waals surface area (Å²) in [5.74, 6) is 2.99. The first-order valence-corrected chi connectivity index (χ1v) is 20.4. The van der Waals surface area contributed by atoms with Crippen LogP contribution in [-0.2, 0) is 9.53 Å². The average molecular weight is 869 g/mol. The topological polar surface area (TPSA) is 199 Å². The van der Waals surface area contributed by atoms with Gasteiger partial charge in [-0.15, -0.1) is 0 Å². The molecule has 0 atom stereocenters. The van der Waals surface area contributed by atoms with Crippen molar-refractivity contribution < 1.29 is 28.7 Å². The van der Waals surface area contributed by atoms with Crippen LogP contribution in [0, 0.1) is 10.1 Å². The molecule has 0 aliphatic carbocycles. The number of nitrogens with zero attached hydrogens (tertiary/aromatic N) is 12. The molecule has 64 heavy (non-hydrogen) atoms. The summed E-state index contributed by atoms with van der Waals surface area (Å²) in [6.45, 7) is 6.22. The summed E-state index contributed by atoms with van der Waals surface area (Å²) in [5.41, 5.74) is 2.87. The van der Waals surface area contributed by atoms with E-state index >= 15 is 0 Å². The summed E-state index contributed by atoms with van der Waals surface area (Å²) in [6.07, 6.45) is 9.22. The SMILES string of the molecule is CC(=O)N(C)CCN(C)c1cncc(Oc2ccc(-c3ccc([N+](=O)[O-])cn3)c(C(=O)N(C)CCN(C)c3cncc(Oc4ccc(-c5ccc(N6CCOCC6)nc5)cc4)n3)c2)n1. The van der Waals surface area contributed by atoms with Gasteiger partial charge in [0.15, 0.2) is 11.6 Å². The van der Waals surface area contributed by atoms with E-state index in [0.29, 0.717) is 73.1 Å². The average Bonchev–Trinajstić information content (AvgIpc) is 3.32. The number of nitro groups is 1. The number of morpholine rings is 1. The Morgan fingerprint density at radius 3 is 1.89 bits per heavy atom. The molecule has 19 nitrogen and oxygen atoms in total. The van der Waals surface area contributed by atoms with Crippen LogP contribution in [0.4, 0.5) is 23.1 Å². The minimum atomic E-state index is -0.534. The van der Waals surface area contributed by atoms with Crippen molar-refractivity contribution in [3.05, 3.63) is 120 Å². The highest BCUT2D eigenvalue weighted by Crippen LogP contribution is 2.31. The smallest absolute Gasteiger partial charge is 0.287 e. The predicted octanol–water partition coefficient (Wildman–Crippen LogP) is 5.84. The summed E-state index contributed by atoms with van der Waals surface area (Å²) < 4.78 is 17.6. The summed E-state index contributed by atoms with van der Waals surface area (Å²) in [4.78, 5) is 72.6. The molecule has 0 spiro atoms. The molecule has 19 heteroatoms. The molecule has 1 fully saturated rings. The molecule has 2 amide bonds. The lowest BCUT2D eigenvalue weighted by atomic mass is 10.0. The Hall–Kier alpha value is -7.80. The normalized spacial score (nSPS) is 12.3. The maximum Gasteiger partial charge on any atom is 0.287 e. The van der Waals surface area contributed by atoms with Gasteiger partial charge in [0, 0.05) is 97.8 Å². The fourth-order valence-electron chi connectivity index (χ4n) is 6.57. The van der Waals surface area contributed by atoms with Crippen LogP contribution in [0.15, 0.2) is 104 Å². The van der Waals surface area contributed by atoms with E-state index in [-0.39, 0.29) is 35.5 Å². The van der Waals surface area contributed by atoms with Gasteiger partial charge in [-0.25, -0.2) is 9.97 Å². The number of amides is 2. The molecule has 0 N–H and O–H groups in total. The fraction of sp³-hybridized carbons (Fsp3) is 0.289. The van der Waals surface area contributed by atoms with Gasteiger partial charge >= 0.3 is 0 Å². The zero-order valence-corrected chi connectivity index (χ0v) is 36.2. The van der Waals surface area contributed by atoms with Gasteiger partial charge < -0.3 is 38.7 Å². The first-order valence-electron chi connectivity index (χ1n) is 20.4. The van der Waals surface area contributed by atoms with Gasteiger partial charge in [0.25, 0.3) is 11.6 Å². The largest absolute Gasteiger partial charge is 0.437 e. The molecule has 6 aromatic rings. The molecular formula is C45H48N12O7. The summed E-state index contributed by atoms with van der Waals surface area (Å²) in [5, 5.41) is 11.4. The maximum atomic E-state index is 14.2. The van der Waals surface area contributed by atoms with Crippen molar-refractivity contribution in [3.63, 3.8) is 0 Å². The molecule has 0 radical (unpaired) electrons. The third kappa shape index (κ3) is 11.2. The number of likely N-dealkylation sites (N-methyl/N-ethyl adjacent to an activating group) is 4. The van der Waals surface area contributed by atoms with E-state index in [0.717, 1.165) is 36.2 Å². The van der Waals surface area contributed by atoms with Gasteiger partial charge in [-0.3, -0.25) is 29.7 Å². The highest BCUT2D eigenvalue weighted by Gasteiger charge is 2.21. The lowest BCUT2D eigenvalue weighted by Crippen LogP contribution is -2.36. The Labute approximate surface area is 370 Å². The molecule has 5 heterocycles. The quantitative estimate of drug-likeness (QED) is 0.0781. The number of pyridine rings is 2. The van der Waals surface area contributed by atoms with E-state index in [9.17, 15) is 19.7 Å². The van der Waals surface area contributed by atoms with Crippen LogP contribution in [0.5, 0.6) is 23.3 Å². The second kappa shape index (κ2) is 20.4. The fourth-order valence-corrected chi connectivity index (χ4v) is 6.57. The number of aromatic nitrogens is 6. The number of anilines is 3. The molecule has 1 saturated heterocycles. The molecule has 0 unspecified atom stereocenters. The minimum Gasteiger partial charge on any atom is -0.437 e. The zero-order valence-electron chi connectivity index (χ0n) is 36.2. The lowest BCUT2D eigenvalue weighted by molar-refractivity contribution is -0.385. The first-order chi connectivity index (χ1) is 30.9. The van der Waals surface area contributed by atoms with Crippen LogP contribution in [0.25, 0.3) is 22.4 Å². The number of hydrogen-bond donors (Lipinski definition) is 0. The second-order valence-corrected chi connectivity index (χ2v) is 15.0. The van der Waals surface area contributed by atoms with Crippen LogP contribution in [-0.4, -0.2) is 137 Å². The van der Waals surface area contributed by atoms with E-state index in [1.807, 2.05) is 60.4 Å². The number of ether oxygens (including phenoxy) is 3. The maximum absolute atomic E-state index is 14.2. The minimum absolute atomic E-state index is 0.0449. The highest BCUT2D eigenvalue weighted by molar-refractivity contribution is 6.01. The lowest BCUT2D eigenvalue weighted by Gasteiger charge is -2.27. The van der Waals surface area contributed by atoms with E-state index < -0.39 is 4.92 Å². The Bertz CT molecular complexity index is 2560. The Morgan fingerprint density at radius 2 is 1.31 bits per heavy atom. The van der Waals surface area contributed by atoms with Crippen molar-refractivity contribution in [2.45, 2.75) is 6.92 Å². The van der Waals surface area contributed by atoms with Crippen molar-refractivity contribution in [1.82, 2.24) is 39.7 Å². The second-order valence-electron chi connectivity index (χ2n) is 15.0. The molecule has 4 aromatic heterocycles. The van der Waals surface area contributed by atoms with E-state index in [2.05, 4.69) is 40.9 Å². The van der Waals surface area contributed by atoms with Crippen LogP contribution >= 0.6 is 0 Å². The van der Waals surface area contributed by atoms with Crippen molar-refractivity contribution in [3.8, 4) is 45.6 Å². The molecule has 1 aliphatic rings. The van der Waals surface area contributed by atoms with Crippen LogP contribution in [0.2, 0.25) is 0 Å². The molecule has 0 saturated carbocycles. The molecule has 1 aliphatic heterocycles. The first kappa shape index (κ1) is 44.3. The van der Waals surface area contributed by atoms with Gasteiger partial charge in [-0.05, 0) is 54.1 Å². The predicted molar refractivity (Wildman–Crippen MR) is 240 cm³/mol. The molecule has 7 rings (SSSR count). The van der Waals surface area contributed by atoms with Crippen molar-refractivity contribution in [2.24, 2.45) is 0 Å². The number of benzene rings is 2. The van der Waals surface area contributed by atoms with Gasteiger partial charge in [-0.2, -0.15) is 9.97 Å². The van der Waals surface area contributed by atoms with Crippen LogP contribution < -0.4 is 24.2 Å². The van der Waals surface area contributed by atoms with Crippen molar-refractivity contribution in [2.75, 3.05) is 95.4 Å². The monoisotopic (exact) mass is 868 g/mol. The standard InChI is InChI=1S/C45H48N12O7/c1-31(58)52(2)16-17-53(3)42-28-47-30-44(51-42)64-36-12-13-37(39-14-9-34(26-48-39)57(60)61)38(24-36)45(59)55(5)19-18-54(4)41-27-46-29-43(50-41)63-35-10-6-32(7-11-35)33-8-15-40(49-25-33)56-20-22-62-23-21-56/h6-15,24-30H,16-23H2,1-5H3. The van der Waals surface area contributed by atoms with Crippen LogP contribution in [0.3, 0.4) is 0 Å². The molecule has 330 valence electrons. The Morgan fingerprint density at radius 1 is 0.703 bits per heavy atom. The third-order valence-electron chi connectivity index (χ3n) is 10.6. The van der Waals surface area contributed by atoms with E-state index in [4.69, 9.17) is 14.2 Å². The summed E-state index contributed by atoms with van der Waals surface area (Å²) >= 11 is 0. The van der Waals surface area contributed by atoms with Gasteiger partial charge in [-0.1, -0.05) is 12.1 Å². The molecular weight excluding hydrogens is 821 g/mol. The number of hydrogen-bond acceptors (Lipinski definition) is 16.